The molecule has 0 radical (unpaired) electrons. The minimum Gasteiger partial charge on any atom is -0.314 e. The summed E-state index contributed by atoms with van der Waals surface area (Å²) >= 11 is 0. The monoisotopic (exact) mass is 542 g/mol. The number of likely N-dealkylation sites (tertiary alicyclic amines) is 1. The van der Waals surface area contributed by atoms with E-state index in [0.717, 1.165) is 73.0 Å². The first-order chi connectivity index (χ1) is 19.0. The van der Waals surface area contributed by atoms with Gasteiger partial charge < -0.3 is 4.90 Å². The molecule has 2 aliphatic heterocycles. The van der Waals surface area contributed by atoms with Gasteiger partial charge in [0.15, 0.2) is 20.2 Å². The Morgan fingerprint density at radius 3 is 1.79 bits per heavy atom. The molecule has 39 heavy (non-hydrogen) atoms. The van der Waals surface area contributed by atoms with Gasteiger partial charge in [0, 0.05) is 30.8 Å². The number of rotatable bonds is 9. The van der Waals surface area contributed by atoms with Crippen LogP contribution in [0.5, 0.6) is 0 Å². The maximum Gasteiger partial charge on any atom is 0.256 e. The number of hydrogen-bond donors (Lipinski definition) is 0. The van der Waals surface area contributed by atoms with Crippen LogP contribution in [0.1, 0.15) is 79.4 Å². The summed E-state index contributed by atoms with van der Waals surface area (Å²) in [6, 6.07) is 23.9. The number of benzene rings is 3. The Morgan fingerprint density at radius 1 is 0.718 bits per heavy atom. The number of sulfone groups is 1. The fraction of sp³-hybridized carbons (Fsp3) is 0.424. The van der Waals surface area contributed by atoms with E-state index in [1.807, 2.05) is 72.5 Å². The molecule has 0 saturated carbocycles. The van der Waals surface area contributed by atoms with E-state index in [0.29, 0.717) is 18.5 Å². The van der Waals surface area contributed by atoms with E-state index < -0.39 is 20.2 Å². The average molecular weight is 543 g/mol. The predicted octanol–water partition coefficient (Wildman–Crippen LogP) is 6.33. The third-order valence-electron chi connectivity index (χ3n) is 9.09. The van der Waals surface area contributed by atoms with Crippen molar-refractivity contribution in [2.24, 2.45) is 0 Å². The van der Waals surface area contributed by atoms with E-state index in [1.54, 1.807) is 0 Å². The predicted molar refractivity (Wildman–Crippen MR) is 156 cm³/mol. The minimum absolute atomic E-state index is 0.0575. The molecule has 1 amide bonds. The van der Waals surface area contributed by atoms with Crippen LogP contribution in [0.4, 0.5) is 0 Å². The number of amides is 1. The van der Waals surface area contributed by atoms with Gasteiger partial charge in [-0.3, -0.25) is 9.69 Å². The molecular weight excluding hydrogens is 504 g/mol. The molecule has 0 spiro atoms. The van der Waals surface area contributed by atoms with Gasteiger partial charge in [-0.05, 0) is 54.0 Å². The zero-order chi connectivity index (χ0) is 27.3. The van der Waals surface area contributed by atoms with Gasteiger partial charge in [-0.1, -0.05) is 93.4 Å². The quantitative estimate of drug-likeness (QED) is 0.317. The summed E-state index contributed by atoms with van der Waals surface area (Å²) in [5.41, 5.74) is 3.81. The molecule has 1 atom stereocenters. The van der Waals surface area contributed by atoms with Crippen LogP contribution in [0.15, 0.2) is 72.8 Å². The Morgan fingerprint density at radius 2 is 1.23 bits per heavy atom. The third kappa shape index (κ3) is 3.40. The maximum atomic E-state index is 15.4. The number of fused-ring (bicyclic) bond motifs is 4. The molecule has 1 unspecified atom stereocenters. The van der Waals surface area contributed by atoms with Crippen LogP contribution in [0.2, 0.25) is 0 Å². The Hall–Kier alpha value is -2.96. The second kappa shape index (κ2) is 9.90. The van der Waals surface area contributed by atoms with Crippen molar-refractivity contribution in [3.63, 3.8) is 0 Å². The van der Waals surface area contributed by atoms with Crippen LogP contribution in [-0.2, 0) is 20.2 Å². The zero-order valence-electron chi connectivity index (χ0n) is 23.0. The molecule has 1 aliphatic carbocycles. The summed E-state index contributed by atoms with van der Waals surface area (Å²) in [4.78, 5) is 18.8. The second-order valence-electron chi connectivity index (χ2n) is 11.2. The maximum absolute atomic E-state index is 15.4. The molecule has 6 rings (SSSR count). The third-order valence-corrected chi connectivity index (χ3v) is 11.6. The van der Waals surface area contributed by atoms with E-state index in [-0.39, 0.29) is 11.7 Å². The van der Waals surface area contributed by atoms with Crippen molar-refractivity contribution < 1.29 is 13.2 Å². The Balaban J connectivity index is 1.83. The summed E-state index contributed by atoms with van der Waals surface area (Å²) in [5, 5.41) is 0. The molecule has 0 aromatic heterocycles. The SMILES string of the molecule is CCCCN1C(=O)c2ccccc2C1(N1CCCC1)C1(S(=O)(=O)CCCC)c2ccccc2-c2ccccc21. The van der Waals surface area contributed by atoms with Crippen molar-refractivity contribution in [2.75, 3.05) is 25.4 Å². The van der Waals surface area contributed by atoms with Gasteiger partial charge >= 0.3 is 0 Å². The van der Waals surface area contributed by atoms with Gasteiger partial charge in [0.25, 0.3) is 5.91 Å². The molecule has 3 aromatic carbocycles. The Bertz CT molecular complexity index is 1460. The van der Waals surface area contributed by atoms with Crippen molar-refractivity contribution in [3.05, 3.63) is 95.1 Å². The van der Waals surface area contributed by atoms with Crippen molar-refractivity contribution in [3.8, 4) is 11.1 Å². The van der Waals surface area contributed by atoms with E-state index in [9.17, 15) is 4.79 Å². The highest BCUT2D eigenvalue weighted by molar-refractivity contribution is 7.92. The van der Waals surface area contributed by atoms with E-state index in [1.165, 1.54) is 0 Å². The van der Waals surface area contributed by atoms with Crippen molar-refractivity contribution in [1.82, 2.24) is 9.80 Å². The number of carbonyl (C=O) groups excluding carboxylic acids is 1. The van der Waals surface area contributed by atoms with Gasteiger partial charge in [0.1, 0.15) is 0 Å². The average Bonchev–Trinajstić information content (AvgIpc) is 3.66. The summed E-state index contributed by atoms with van der Waals surface area (Å²) in [6.07, 6.45) is 5.05. The lowest BCUT2D eigenvalue weighted by molar-refractivity contribution is -0.0493. The van der Waals surface area contributed by atoms with Gasteiger partial charge in [0.2, 0.25) is 0 Å². The molecule has 1 fully saturated rings. The topological polar surface area (TPSA) is 57.7 Å². The molecule has 1 saturated heterocycles. The molecule has 0 N–H and O–H groups in total. The molecule has 3 aromatic rings. The van der Waals surface area contributed by atoms with Gasteiger partial charge in [-0.25, -0.2) is 8.42 Å². The Kier molecular flexibility index (Phi) is 6.67. The summed E-state index contributed by atoms with van der Waals surface area (Å²) in [5.74, 6) is 0.0117. The van der Waals surface area contributed by atoms with Gasteiger partial charge in [-0.15, -0.1) is 0 Å². The highest BCUT2D eigenvalue weighted by atomic mass is 32.2. The highest BCUT2D eigenvalue weighted by Gasteiger charge is 2.73. The zero-order valence-corrected chi connectivity index (χ0v) is 23.8. The Labute approximate surface area is 232 Å². The van der Waals surface area contributed by atoms with Crippen LogP contribution in [0.25, 0.3) is 11.1 Å². The molecule has 6 heteroatoms. The largest absolute Gasteiger partial charge is 0.314 e. The summed E-state index contributed by atoms with van der Waals surface area (Å²) in [6.45, 7) is 6.17. The first-order valence-electron chi connectivity index (χ1n) is 14.5. The van der Waals surface area contributed by atoms with Crippen LogP contribution in [0, 0.1) is 0 Å². The lowest BCUT2D eigenvalue weighted by Gasteiger charge is -2.56. The van der Waals surface area contributed by atoms with Crippen molar-refractivity contribution in [2.45, 2.75) is 62.8 Å². The first kappa shape index (κ1) is 26.3. The van der Waals surface area contributed by atoms with Crippen molar-refractivity contribution >= 4 is 15.7 Å². The molecule has 5 nitrogen and oxygen atoms in total. The molecule has 0 bridgehead atoms. The number of hydrogen-bond acceptors (Lipinski definition) is 4. The van der Waals surface area contributed by atoms with Crippen LogP contribution < -0.4 is 0 Å². The van der Waals surface area contributed by atoms with E-state index in [2.05, 4.69) is 24.0 Å². The van der Waals surface area contributed by atoms with Crippen molar-refractivity contribution in [1.29, 1.82) is 0 Å². The van der Waals surface area contributed by atoms with E-state index >= 15 is 8.42 Å². The lowest BCUT2D eigenvalue weighted by Crippen LogP contribution is -2.69. The fourth-order valence-corrected chi connectivity index (χ4v) is 10.4. The molecule has 204 valence electrons. The lowest BCUT2D eigenvalue weighted by atomic mass is 9.76. The van der Waals surface area contributed by atoms with Gasteiger partial charge in [-0.2, -0.15) is 0 Å². The number of unbranched alkanes of at least 4 members (excludes halogenated alkanes) is 2. The van der Waals surface area contributed by atoms with Gasteiger partial charge in [0.05, 0.1) is 5.75 Å². The molecule has 3 aliphatic rings. The summed E-state index contributed by atoms with van der Waals surface area (Å²) in [7, 11) is -3.85. The smallest absolute Gasteiger partial charge is 0.256 e. The number of carbonyl (C=O) groups is 1. The molecule has 2 heterocycles. The normalized spacial score (nSPS) is 21.7. The highest BCUT2D eigenvalue weighted by Crippen LogP contribution is 2.65. The standard InChI is InChI=1S/C33H38N2O3S/c1-3-5-23-35-31(36)27-17-9-12-20-30(27)33(35,34-21-13-14-22-34)32(39(37,38)24-6-4-2)28-18-10-7-15-25(28)26-16-8-11-19-29(26)32/h7-12,15-20H,3-6,13-14,21-24H2,1-2H3. The first-order valence-corrected chi connectivity index (χ1v) is 16.2. The van der Waals surface area contributed by atoms with E-state index in [4.69, 9.17) is 0 Å². The minimum atomic E-state index is -3.85. The van der Waals surface area contributed by atoms with Crippen LogP contribution >= 0.6 is 0 Å². The fourth-order valence-electron chi connectivity index (χ4n) is 7.59. The summed E-state index contributed by atoms with van der Waals surface area (Å²) < 4.78 is 29.3. The van der Waals surface area contributed by atoms with Crippen LogP contribution in [-0.4, -0.2) is 49.5 Å². The second-order valence-corrected chi connectivity index (χ2v) is 13.4. The number of nitrogens with zero attached hydrogens (tertiary/aromatic N) is 2. The molecular formula is C33H38N2O3S. The van der Waals surface area contributed by atoms with Crippen LogP contribution in [0.3, 0.4) is 0 Å².